The smallest absolute Gasteiger partial charge is 0.336 e. The summed E-state index contributed by atoms with van der Waals surface area (Å²) >= 11 is 0. The van der Waals surface area contributed by atoms with Crippen molar-refractivity contribution in [3.05, 3.63) is 48.5 Å². The molecule has 5 nitrogen and oxygen atoms in total. The molecule has 2 aromatic rings. The molecule has 0 unspecified atom stereocenters. The summed E-state index contributed by atoms with van der Waals surface area (Å²) in [5.41, 5.74) is 0.931. The molecular weight excluding hydrogens is 232 g/mol. The van der Waals surface area contributed by atoms with Crippen molar-refractivity contribution in [1.82, 2.24) is 9.13 Å². The summed E-state index contributed by atoms with van der Waals surface area (Å²) in [4.78, 5) is 23.0. The van der Waals surface area contributed by atoms with Gasteiger partial charge in [0, 0.05) is 31.2 Å². The van der Waals surface area contributed by atoms with Crippen LogP contribution in [0.3, 0.4) is 0 Å². The van der Waals surface area contributed by atoms with E-state index in [1.165, 1.54) is 16.2 Å². The molecule has 0 saturated heterocycles. The van der Waals surface area contributed by atoms with E-state index in [-0.39, 0.29) is 12.0 Å². The van der Waals surface area contributed by atoms with E-state index in [9.17, 15) is 9.59 Å². The maximum absolute atomic E-state index is 11.9. The first-order chi connectivity index (χ1) is 8.70. The lowest BCUT2D eigenvalue weighted by Gasteiger charge is -2.01. The van der Waals surface area contributed by atoms with Crippen LogP contribution in [0.4, 0.5) is 4.79 Å². The lowest BCUT2D eigenvalue weighted by Crippen LogP contribution is -2.15. The van der Waals surface area contributed by atoms with Gasteiger partial charge in [-0.15, -0.1) is 0 Å². The highest BCUT2D eigenvalue weighted by molar-refractivity contribution is 5.79. The Balaban J connectivity index is 2.02. The van der Waals surface area contributed by atoms with Gasteiger partial charge in [0.25, 0.3) is 0 Å². The van der Waals surface area contributed by atoms with Crippen molar-refractivity contribution in [2.75, 3.05) is 7.11 Å². The molecule has 5 heteroatoms. The monoisotopic (exact) mass is 246 g/mol. The van der Waals surface area contributed by atoms with E-state index in [4.69, 9.17) is 0 Å². The summed E-state index contributed by atoms with van der Waals surface area (Å²) in [5, 5.41) is 0. The van der Waals surface area contributed by atoms with Gasteiger partial charge >= 0.3 is 12.0 Å². The standard InChI is InChI=1S/C13H14N2O3/c1-18-12(16)5-4-11-6-9-15(10-11)13(17)14-7-2-3-8-14/h2-3,6-10H,4-5H2,1H3. The highest BCUT2D eigenvalue weighted by Crippen LogP contribution is 2.06. The number of aromatic nitrogens is 2. The van der Waals surface area contributed by atoms with E-state index in [2.05, 4.69) is 4.74 Å². The number of nitrogens with zero attached hydrogens (tertiary/aromatic N) is 2. The summed E-state index contributed by atoms with van der Waals surface area (Å²) < 4.78 is 7.55. The predicted molar refractivity (Wildman–Crippen MR) is 65.4 cm³/mol. The molecule has 0 N–H and O–H groups in total. The summed E-state index contributed by atoms with van der Waals surface area (Å²) in [6, 6.07) is 5.26. The van der Waals surface area contributed by atoms with Crippen molar-refractivity contribution in [2.24, 2.45) is 0 Å². The van der Waals surface area contributed by atoms with E-state index in [0.717, 1.165) is 5.56 Å². The van der Waals surface area contributed by atoms with Gasteiger partial charge < -0.3 is 4.74 Å². The molecule has 0 spiro atoms. The number of carbonyl (C=O) groups excluding carboxylic acids is 2. The number of esters is 1. The van der Waals surface area contributed by atoms with Gasteiger partial charge in [-0.1, -0.05) is 0 Å². The van der Waals surface area contributed by atoms with Crippen molar-refractivity contribution >= 4 is 12.0 Å². The minimum absolute atomic E-state index is 0.149. The molecule has 0 bridgehead atoms. The fourth-order valence-electron chi connectivity index (χ4n) is 1.65. The van der Waals surface area contributed by atoms with Crippen LogP contribution in [0.15, 0.2) is 43.0 Å². The number of ether oxygens (including phenoxy) is 1. The van der Waals surface area contributed by atoms with Crippen LogP contribution in [0.5, 0.6) is 0 Å². The van der Waals surface area contributed by atoms with Gasteiger partial charge in [-0.3, -0.25) is 13.9 Å². The lowest BCUT2D eigenvalue weighted by molar-refractivity contribution is -0.140. The summed E-state index contributed by atoms with van der Waals surface area (Å²) in [7, 11) is 1.36. The van der Waals surface area contributed by atoms with Gasteiger partial charge in [0.15, 0.2) is 0 Å². The van der Waals surface area contributed by atoms with E-state index in [1.54, 1.807) is 36.9 Å². The second-order valence-electron chi connectivity index (χ2n) is 3.88. The van der Waals surface area contributed by atoms with Crippen molar-refractivity contribution in [2.45, 2.75) is 12.8 Å². The summed E-state index contributed by atoms with van der Waals surface area (Å²) in [5.74, 6) is -0.250. The van der Waals surface area contributed by atoms with Crippen LogP contribution >= 0.6 is 0 Å². The third-order valence-electron chi connectivity index (χ3n) is 2.65. The van der Waals surface area contributed by atoms with Crippen molar-refractivity contribution in [1.29, 1.82) is 0 Å². The summed E-state index contributed by atoms with van der Waals surface area (Å²) in [6.45, 7) is 0. The zero-order valence-corrected chi connectivity index (χ0v) is 10.1. The van der Waals surface area contributed by atoms with Crippen LogP contribution in [0.2, 0.25) is 0 Å². The predicted octanol–water partition coefficient (Wildman–Crippen LogP) is 1.91. The fraction of sp³-hybridized carbons (Fsp3) is 0.231. The van der Waals surface area contributed by atoms with Gasteiger partial charge in [-0.25, -0.2) is 4.79 Å². The van der Waals surface area contributed by atoms with Crippen molar-refractivity contribution in [3.63, 3.8) is 0 Å². The molecule has 0 atom stereocenters. The number of methoxy groups -OCH3 is 1. The molecule has 0 aliphatic heterocycles. The van der Waals surface area contributed by atoms with Gasteiger partial charge in [0.2, 0.25) is 0 Å². The molecule has 0 saturated carbocycles. The molecule has 0 aromatic carbocycles. The normalized spacial score (nSPS) is 10.3. The molecule has 2 aromatic heterocycles. The molecule has 18 heavy (non-hydrogen) atoms. The Hall–Kier alpha value is -2.30. The SMILES string of the molecule is COC(=O)CCc1ccn(C(=O)n2cccc2)c1. The summed E-state index contributed by atoms with van der Waals surface area (Å²) in [6.07, 6.45) is 7.68. The quantitative estimate of drug-likeness (QED) is 0.777. The molecule has 0 fully saturated rings. The molecule has 0 amide bonds. The highest BCUT2D eigenvalue weighted by atomic mass is 16.5. The first-order valence-corrected chi connectivity index (χ1v) is 5.62. The van der Waals surface area contributed by atoms with Gasteiger partial charge in [-0.05, 0) is 30.2 Å². The molecule has 0 aliphatic rings. The molecule has 2 heterocycles. The molecule has 2 rings (SSSR count). The maximum Gasteiger partial charge on any atom is 0.336 e. The van der Waals surface area contributed by atoms with Crippen LogP contribution in [0, 0.1) is 0 Å². The lowest BCUT2D eigenvalue weighted by atomic mass is 10.2. The van der Waals surface area contributed by atoms with Crippen LogP contribution in [-0.2, 0) is 16.0 Å². The number of hydrogen-bond donors (Lipinski definition) is 0. The Kier molecular flexibility index (Phi) is 3.62. The van der Waals surface area contributed by atoms with Crippen LogP contribution < -0.4 is 0 Å². The van der Waals surface area contributed by atoms with Crippen LogP contribution in [0.25, 0.3) is 0 Å². The topological polar surface area (TPSA) is 53.2 Å². The molecular formula is C13H14N2O3. The molecule has 0 radical (unpaired) electrons. The third-order valence-corrected chi connectivity index (χ3v) is 2.65. The molecule has 0 aliphatic carbocycles. The first-order valence-electron chi connectivity index (χ1n) is 5.62. The third kappa shape index (κ3) is 2.68. The Morgan fingerprint density at radius 1 is 1.17 bits per heavy atom. The number of carbonyl (C=O) groups is 2. The first kappa shape index (κ1) is 12.2. The van der Waals surface area contributed by atoms with E-state index in [0.29, 0.717) is 12.8 Å². The van der Waals surface area contributed by atoms with Gasteiger partial charge in [-0.2, -0.15) is 0 Å². The van der Waals surface area contributed by atoms with E-state index >= 15 is 0 Å². The fourth-order valence-corrected chi connectivity index (χ4v) is 1.65. The van der Waals surface area contributed by atoms with Gasteiger partial charge in [0.1, 0.15) is 0 Å². The Morgan fingerprint density at radius 2 is 1.89 bits per heavy atom. The van der Waals surface area contributed by atoms with Crippen molar-refractivity contribution in [3.8, 4) is 0 Å². The minimum Gasteiger partial charge on any atom is -0.469 e. The number of hydrogen-bond acceptors (Lipinski definition) is 3. The highest BCUT2D eigenvalue weighted by Gasteiger charge is 2.08. The minimum atomic E-state index is -0.250. The second kappa shape index (κ2) is 5.35. The largest absolute Gasteiger partial charge is 0.469 e. The van der Waals surface area contributed by atoms with Crippen LogP contribution in [-0.4, -0.2) is 28.2 Å². The number of rotatable bonds is 3. The van der Waals surface area contributed by atoms with Crippen LogP contribution in [0.1, 0.15) is 12.0 Å². The maximum atomic E-state index is 11.9. The molecule has 94 valence electrons. The van der Waals surface area contributed by atoms with Gasteiger partial charge in [0.05, 0.1) is 7.11 Å². The van der Waals surface area contributed by atoms with E-state index in [1.807, 2.05) is 6.07 Å². The zero-order chi connectivity index (χ0) is 13.0. The Labute approximate surface area is 105 Å². The number of aryl methyl sites for hydroxylation is 1. The Bertz CT molecular complexity index is 540. The van der Waals surface area contributed by atoms with E-state index < -0.39 is 0 Å². The second-order valence-corrected chi connectivity index (χ2v) is 3.88. The average molecular weight is 246 g/mol. The Morgan fingerprint density at radius 3 is 2.56 bits per heavy atom. The van der Waals surface area contributed by atoms with Crippen molar-refractivity contribution < 1.29 is 14.3 Å². The average Bonchev–Trinajstić information content (AvgIpc) is 3.05. The zero-order valence-electron chi connectivity index (χ0n) is 10.1.